The fourth-order valence-corrected chi connectivity index (χ4v) is 2.64. The second kappa shape index (κ2) is 9.56. The molecule has 2 rings (SSSR count). The van der Waals surface area contributed by atoms with Gasteiger partial charge in [-0.05, 0) is 12.1 Å². The number of ether oxygens (including phenoxy) is 5. The predicted octanol–water partition coefficient (Wildman–Crippen LogP) is -0.839. The summed E-state index contributed by atoms with van der Waals surface area (Å²) in [6, 6.07) is 3.10. The van der Waals surface area contributed by atoms with Crippen LogP contribution in [0.3, 0.4) is 0 Å². The van der Waals surface area contributed by atoms with Gasteiger partial charge in [-0.3, -0.25) is 0 Å². The summed E-state index contributed by atoms with van der Waals surface area (Å²) in [5.41, 5.74) is 0.436. The van der Waals surface area contributed by atoms with Gasteiger partial charge in [0.15, 0.2) is 17.6 Å². The van der Waals surface area contributed by atoms with Crippen LogP contribution in [0.25, 0.3) is 6.08 Å². The van der Waals surface area contributed by atoms with E-state index < -0.39 is 42.6 Å². The number of carbonyl (C=O) groups is 2. The standard InChI is InChI=1S/C18H22O11/c1-25-9-7-11(27-3)10(26-2)6-8(9)4-5-12(19)28-18-15(22)13(20)14(21)16(29-18)17(23)24/h4-7,13-16,18,20-22H,1-3H3,(H,23,24)/b5-4+/t13-,14-,15+,16-,18+/m0/s1. The van der Waals surface area contributed by atoms with E-state index in [0.29, 0.717) is 22.8 Å². The van der Waals surface area contributed by atoms with Crippen molar-refractivity contribution in [2.45, 2.75) is 30.7 Å². The molecule has 29 heavy (non-hydrogen) atoms. The number of hydrogen-bond acceptors (Lipinski definition) is 10. The SMILES string of the molecule is COc1cc(OC)c(OC)cc1/C=C/C(=O)O[C@@H]1O[C@H](C(=O)O)[C@@H](O)[C@H](O)[C@H]1O. The van der Waals surface area contributed by atoms with E-state index in [1.54, 1.807) is 12.1 Å². The van der Waals surface area contributed by atoms with Gasteiger partial charge in [-0.25, -0.2) is 9.59 Å². The van der Waals surface area contributed by atoms with Crippen LogP contribution in [0, 0.1) is 0 Å². The Morgan fingerprint density at radius 2 is 1.52 bits per heavy atom. The van der Waals surface area contributed by atoms with Gasteiger partial charge in [0.25, 0.3) is 0 Å². The third kappa shape index (κ3) is 4.95. The summed E-state index contributed by atoms with van der Waals surface area (Å²) < 4.78 is 25.3. The van der Waals surface area contributed by atoms with Crippen molar-refractivity contribution < 1.29 is 53.7 Å². The lowest BCUT2D eigenvalue weighted by Crippen LogP contribution is -2.60. The topological polar surface area (TPSA) is 161 Å². The first kappa shape index (κ1) is 22.4. The van der Waals surface area contributed by atoms with Crippen molar-refractivity contribution in [2.24, 2.45) is 0 Å². The highest BCUT2D eigenvalue weighted by atomic mass is 16.7. The number of benzene rings is 1. The first-order valence-corrected chi connectivity index (χ1v) is 8.34. The molecular weight excluding hydrogens is 392 g/mol. The molecule has 1 saturated heterocycles. The molecule has 1 aliphatic heterocycles. The van der Waals surface area contributed by atoms with Gasteiger partial charge in [0.1, 0.15) is 24.1 Å². The molecule has 11 nitrogen and oxygen atoms in total. The van der Waals surface area contributed by atoms with Crippen molar-refractivity contribution in [3.05, 3.63) is 23.8 Å². The zero-order valence-electron chi connectivity index (χ0n) is 15.8. The minimum atomic E-state index is -1.89. The lowest BCUT2D eigenvalue weighted by Gasteiger charge is -2.37. The Bertz CT molecular complexity index is 775. The van der Waals surface area contributed by atoms with Crippen LogP contribution in [0.1, 0.15) is 5.56 Å². The first-order chi connectivity index (χ1) is 13.7. The van der Waals surface area contributed by atoms with Crippen LogP contribution in [-0.4, -0.2) is 84.4 Å². The molecule has 0 saturated carbocycles. The Morgan fingerprint density at radius 3 is 2.07 bits per heavy atom. The predicted molar refractivity (Wildman–Crippen MR) is 95.5 cm³/mol. The molecule has 11 heteroatoms. The molecule has 1 aromatic rings. The average Bonchev–Trinajstić information content (AvgIpc) is 2.71. The maximum Gasteiger partial charge on any atom is 0.335 e. The number of aliphatic hydroxyl groups is 3. The molecule has 5 atom stereocenters. The second-order valence-corrected chi connectivity index (χ2v) is 5.95. The van der Waals surface area contributed by atoms with Crippen molar-refractivity contribution in [1.82, 2.24) is 0 Å². The van der Waals surface area contributed by atoms with E-state index in [1.165, 1.54) is 27.4 Å². The highest BCUT2D eigenvalue weighted by Gasteiger charge is 2.48. The highest BCUT2D eigenvalue weighted by Crippen LogP contribution is 2.35. The van der Waals surface area contributed by atoms with Crippen molar-refractivity contribution in [3.63, 3.8) is 0 Å². The number of aliphatic carboxylic acids is 1. The molecule has 0 aromatic heterocycles. The number of rotatable bonds is 7. The molecule has 0 spiro atoms. The Kier molecular flexibility index (Phi) is 7.40. The normalized spacial score (nSPS) is 26.8. The summed E-state index contributed by atoms with van der Waals surface area (Å²) in [5, 5.41) is 38.2. The van der Waals surface area contributed by atoms with E-state index in [0.717, 1.165) is 6.08 Å². The number of esters is 1. The van der Waals surface area contributed by atoms with Crippen LogP contribution < -0.4 is 14.2 Å². The fourth-order valence-electron chi connectivity index (χ4n) is 2.64. The van der Waals surface area contributed by atoms with Crippen LogP contribution in [-0.2, 0) is 19.1 Å². The summed E-state index contributed by atoms with van der Waals surface area (Å²) in [6.45, 7) is 0. The van der Waals surface area contributed by atoms with Gasteiger partial charge in [0.2, 0.25) is 6.29 Å². The molecule has 1 aromatic carbocycles. The maximum absolute atomic E-state index is 12.1. The van der Waals surface area contributed by atoms with Gasteiger partial charge in [-0.1, -0.05) is 0 Å². The fraction of sp³-hybridized carbons (Fsp3) is 0.444. The Balaban J connectivity index is 2.16. The third-order valence-electron chi connectivity index (χ3n) is 4.18. The molecule has 1 aliphatic rings. The number of carbonyl (C=O) groups excluding carboxylic acids is 1. The average molecular weight is 414 g/mol. The zero-order valence-corrected chi connectivity index (χ0v) is 15.8. The van der Waals surface area contributed by atoms with Crippen molar-refractivity contribution in [2.75, 3.05) is 21.3 Å². The largest absolute Gasteiger partial charge is 0.496 e. The Hall–Kier alpha value is -2.86. The lowest BCUT2D eigenvalue weighted by atomic mass is 9.99. The molecule has 0 bridgehead atoms. The van der Waals surface area contributed by atoms with Gasteiger partial charge in [0.05, 0.1) is 21.3 Å². The molecule has 0 unspecified atom stereocenters. The summed E-state index contributed by atoms with van der Waals surface area (Å²) in [7, 11) is 4.31. The van der Waals surface area contributed by atoms with E-state index in [1.807, 2.05) is 0 Å². The minimum Gasteiger partial charge on any atom is -0.496 e. The Morgan fingerprint density at radius 1 is 0.931 bits per heavy atom. The van der Waals surface area contributed by atoms with Crippen LogP contribution in [0.4, 0.5) is 0 Å². The lowest BCUT2D eigenvalue weighted by molar-refractivity contribution is -0.284. The van der Waals surface area contributed by atoms with Crippen LogP contribution in [0.15, 0.2) is 18.2 Å². The zero-order chi connectivity index (χ0) is 21.7. The molecule has 0 radical (unpaired) electrons. The summed E-state index contributed by atoms with van der Waals surface area (Å²) >= 11 is 0. The van der Waals surface area contributed by atoms with Gasteiger partial charge in [0, 0.05) is 17.7 Å². The quantitative estimate of drug-likeness (QED) is 0.325. The van der Waals surface area contributed by atoms with E-state index in [4.69, 9.17) is 28.8 Å². The second-order valence-electron chi connectivity index (χ2n) is 5.95. The van der Waals surface area contributed by atoms with Gasteiger partial charge >= 0.3 is 11.9 Å². The number of carboxylic acid groups (broad SMARTS) is 1. The maximum atomic E-state index is 12.1. The van der Waals surface area contributed by atoms with Crippen molar-refractivity contribution in [1.29, 1.82) is 0 Å². The molecule has 0 amide bonds. The molecule has 4 N–H and O–H groups in total. The molecular formula is C18H22O11. The van der Waals surface area contributed by atoms with Gasteiger partial charge in [-0.15, -0.1) is 0 Å². The Labute approximate surface area is 165 Å². The highest BCUT2D eigenvalue weighted by molar-refractivity contribution is 5.88. The van der Waals surface area contributed by atoms with Crippen LogP contribution >= 0.6 is 0 Å². The molecule has 160 valence electrons. The summed E-state index contributed by atoms with van der Waals surface area (Å²) in [5.74, 6) is -1.43. The van der Waals surface area contributed by atoms with E-state index in [2.05, 4.69) is 0 Å². The minimum absolute atomic E-state index is 0.366. The third-order valence-corrected chi connectivity index (χ3v) is 4.18. The van der Waals surface area contributed by atoms with Gasteiger partial charge < -0.3 is 44.1 Å². The monoisotopic (exact) mass is 414 g/mol. The molecule has 0 aliphatic carbocycles. The molecule has 1 heterocycles. The number of methoxy groups -OCH3 is 3. The first-order valence-electron chi connectivity index (χ1n) is 8.34. The van der Waals surface area contributed by atoms with E-state index >= 15 is 0 Å². The number of carboxylic acids is 1. The smallest absolute Gasteiger partial charge is 0.335 e. The number of hydrogen-bond donors (Lipinski definition) is 4. The molecule has 1 fully saturated rings. The summed E-state index contributed by atoms with van der Waals surface area (Å²) in [6.07, 6.45) is -6.96. The van der Waals surface area contributed by atoms with Crippen LogP contribution in [0.2, 0.25) is 0 Å². The van der Waals surface area contributed by atoms with Crippen LogP contribution in [0.5, 0.6) is 17.2 Å². The van der Waals surface area contributed by atoms with Crippen molar-refractivity contribution in [3.8, 4) is 17.2 Å². The van der Waals surface area contributed by atoms with Gasteiger partial charge in [-0.2, -0.15) is 0 Å². The number of aliphatic hydroxyl groups excluding tert-OH is 3. The van der Waals surface area contributed by atoms with E-state index in [9.17, 15) is 24.9 Å². The summed E-state index contributed by atoms with van der Waals surface area (Å²) in [4.78, 5) is 23.2. The van der Waals surface area contributed by atoms with E-state index in [-0.39, 0.29) is 0 Å². The van der Waals surface area contributed by atoms with Crippen molar-refractivity contribution >= 4 is 18.0 Å².